The summed E-state index contributed by atoms with van der Waals surface area (Å²) in [6.45, 7) is 0. The van der Waals surface area contributed by atoms with Gasteiger partial charge >= 0.3 is 0 Å². The van der Waals surface area contributed by atoms with E-state index in [0.717, 1.165) is 16.5 Å². The first-order chi connectivity index (χ1) is 9.61. The van der Waals surface area contributed by atoms with Crippen molar-refractivity contribution in [1.29, 1.82) is 0 Å². The highest BCUT2D eigenvalue weighted by atomic mass is 35.5. The van der Waals surface area contributed by atoms with Gasteiger partial charge in [-0.1, -0.05) is 22.8 Å². The van der Waals surface area contributed by atoms with Gasteiger partial charge in [0.1, 0.15) is 0 Å². The summed E-state index contributed by atoms with van der Waals surface area (Å²) in [4.78, 5) is 19.0. The molecule has 0 aliphatic rings. The molecule has 100 valence electrons. The molecule has 3 rings (SSSR count). The molecule has 20 heavy (non-hydrogen) atoms. The minimum absolute atomic E-state index is 0.120. The minimum Gasteiger partial charge on any atom is -0.363 e. The van der Waals surface area contributed by atoms with Gasteiger partial charge < -0.3 is 10.3 Å². The molecule has 1 amide bonds. The molecule has 6 nitrogen and oxygen atoms in total. The third-order valence-electron chi connectivity index (χ3n) is 2.76. The smallest absolute Gasteiger partial charge is 0.290 e. The zero-order chi connectivity index (χ0) is 14.1. The van der Waals surface area contributed by atoms with Gasteiger partial charge in [-0.15, -0.1) is 0 Å². The molecule has 0 saturated heterocycles. The molecule has 0 spiro atoms. The van der Waals surface area contributed by atoms with Crippen LogP contribution in [0.5, 0.6) is 0 Å². The van der Waals surface area contributed by atoms with Crippen molar-refractivity contribution >= 4 is 28.4 Å². The summed E-state index contributed by atoms with van der Waals surface area (Å²) in [7, 11) is 0. The number of rotatable bonds is 3. The van der Waals surface area contributed by atoms with Crippen LogP contribution in [0.1, 0.15) is 22.1 Å². The fourth-order valence-electron chi connectivity index (χ4n) is 1.87. The topological polar surface area (TPSA) is 94.9 Å². The van der Waals surface area contributed by atoms with Crippen LogP contribution in [0.15, 0.2) is 35.0 Å². The Morgan fingerprint density at radius 1 is 1.35 bits per heavy atom. The standard InChI is InChI=1S/C13H9ClN4O2/c14-9-5-8-3-7(1-2-10(8)16-6-9)4-11-17-13(12(15)19)18-20-11/h1-3,5-6H,4H2,(H2,15,19). The Bertz CT molecular complexity index is 800. The summed E-state index contributed by atoms with van der Waals surface area (Å²) in [6, 6.07) is 7.54. The third-order valence-corrected chi connectivity index (χ3v) is 2.96. The highest BCUT2D eigenvalue weighted by Gasteiger charge is 2.11. The lowest BCUT2D eigenvalue weighted by atomic mass is 10.1. The highest BCUT2D eigenvalue weighted by Crippen LogP contribution is 2.19. The number of amides is 1. The van der Waals surface area contributed by atoms with Crippen LogP contribution >= 0.6 is 11.6 Å². The summed E-state index contributed by atoms with van der Waals surface area (Å²) < 4.78 is 4.96. The normalized spacial score (nSPS) is 10.8. The van der Waals surface area contributed by atoms with Crippen molar-refractivity contribution in [3.8, 4) is 0 Å². The maximum absolute atomic E-state index is 10.9. The molecule has 0 saturated carbocycles. The first-order valence-corrected chi connectivity index (χ1v) is 6.16. The number of nitrogens with two attached hydrogens (primary N) is 1. The predicted octanol–water partition coefficient (Wildman–Crippen LogP) is 1.96. The van der Waals surface area contributed by atoms with Crippen LogP contribution in [-0.4, -0.2) is 21.0 Å². The molecule has 0 aliphatic heterocycles. The first kappa shape index (κ1) is 12.6. The molecule has 1 aromatic carbocycles. The van der Waals surface area contributed by atoms with Crippen molar-refractivity contribution in [3.05, 3.63) is 52.8 Å². The monoisotopic (exact) mass is 288 g/mol. The van der Waals surface area contributed by atoms with Crippen LogP contribution in [0.4, 0.5) is 0 Å². The van der Waals surface area contributed by atoms with Crippen molar-refractivity contribution in [2.75, 3.05) is 0 Å². The largest absolute Gasteiger partial charge is 0.363 e. The van der Waals surface area contributed by atoms with E-state index in [9.17, 15) is 4.79 Å². The lowest BCUT2D eigenvalue weighted by Crippen LogP contribution is -2.12. The maximum Gasteiger partial charge on any atom is 0.290 e. The molecule has 0 atom stereocenters. The van der Waals surface area contributed by atoms with Gasteiger partial charge in [-0.3, -0.25) is 9.78 Å². The predicted molar refractivity (Wildman–Crippen MR) is 72.4 cm³/mol. The quantitative estimate of drug-likeness (QED) is 0.795. The molecule has 2 aromatic heterocycles. The van der Waals surface area contributed by atoms with E-state index in [1.54, 1.807) is 6.20 Å². The zero-order valence-electron chi connectivity index (χ0n) is 10.2. The summed E-state index contributed by atoms with van der Waals surface area (Å²) in [6.07, 6.45) is 2.00. The Morgan fingerprint density at radius 3 is 2.95 bits per heavy atom. The van der Waals surface area contributed by atoms with Crippen LogP contribution in [0, 0.1) is 0 Å². The second-order valence-corrected chi connectivity index (χ2v) is 4.67. The van der Waals surface area contributed by atoms with Crippen LogP contribution in [-0.2, 0) is 6.42 Å². The number of hydrogen-bond donors (Lipinski definition) is 1. The van der Waals surface area contributed by atoms with Crippen LogP contribution in [0.2, 0.25) is 5.02 Å². The average molecular weight is 289 g/mol. The molecule has 0 unspecified atom stereocenters. The zero-order valence-corrected chi connectivity index (χ0v) is 11.0. The van der Waals surface area contributed by atoms with Crippen LogP contribution in [0.3, 0.4) is 0 Å². The summed E-state index contributed by atoms with van der Waals surface area (Å²) in [5, 5.41) is 4.99. The van der Waals surface area contributed by atoms with Crippen molar-refractivity contribution in [1.82, 2.24) is 15.1 Å². The molecule has 0 aliphatic carbocycles. The minimum atomic E-state index is -0.713. The van der Waals surface area contributed by atoms with Crippen molar-refractivity contribution in [2.24, 2.45) is 5.73 Å². The van der Waals surface area contributed by atoms with Crippen molar-refractivity contribution < 1.29 is 9.32 Å². The number of primary amides is 1. The van der Waals surface area contributed by atoms with Gasteiger partial charge in [-0.2, -0.15) is 4.98 Å². The number of carbonyl (C=O) groups is 1. The van der Waals surface area contributed by atoms with E-state index >= 15 is 0 Å². The number of halogens is 1. The SMILES string of the molecule is NC(=O)c1noc(Cc2ccc3ncc(Cl)cc3c2)n1. The fourth-order valence-corrected chi connectivity index (χ4v) is 2.03. The Hall–Kier alpha value is -2.47. The van der Waals surface area contributed by atoms with E-state index in [0.29, 0.717) is 17.3 Å². The fraction of sp³-hybridized carbons (Fsp3) is 0.0769. The van der Waals surface area contributed by atoms with Gasteiger partial charge in [0.2, 0.25) is 5.89 Å². The molecule has 7 heteroatoms. The number of aromatic nitrogens is 3. The summed E-state index contributed by atoms with van der Waals surface area (Å²) >= 11 is 5.91. The van der Waals surface area contributed by atoms with E-state index in [-0.39, 0.29) is 5.82 Å². The van der Waals surface area contributed by atoms with Crippen molar-refractivity contribution in [2.45, 2.75) is 6.42 Å². The molecule has 0 bridgehead atoms. The molecule has 2 heterocycles. The first-order valence-electron chi connectivity index (χ1n) is 5.78. The number of fused-ring (bicyclic) bond motifs is 1. The Balaban J connectivity index is 1.91. The van der Waals surface area contributed by atoms with Gasteiger partial charge in [-0.25, -0.2) is 0 Å². The molecule has 2 N–H and O–H groups in total. The van der Waals surface area contributed by atoms with Gasteiger partial charge in [0.25, 0.3) is 11.7 Å². The number of carbonyl (C=O) groups excluding carboxylic acids is 1. The maximum atomic E-state index is 10.9. The van der Waals surface area contributed by atoms with Crippen molar-refractivity contribution in [3.63, 3.8) is 0 Å². The summed E-state index contributed by atoms with van der Waals surface area (Å²) in [5.41, 5.74) is 6.86. The molecule has 0 radical (unpaired) electrons. The summed E-state index contributed by atoms with van der Waals surface area (Å²) in [5.74, 6) is -0.506. The molecular formula is C13H9ClN4O2. The third kappa shape index (κ3) is 2.46. The average Bonchev–Trinajstić information content (AvgIpc) is 2.87. The lowest BCUT2D eigenvalue weighted by Gasteiger charge is -2.01. The number of nitrogens with zero attached hydrogens (tertiary/aromatic N) is 3. The number of benzene rings is 1. The second kappa shape index (κ2) is 4.90. The van der Waals surface area contributed by atoms with Gasteiger partial charge in [0, 0.05) is 11.6 Å². The van der Waals surface area contributed by atoms with Gasteiger partial charge in [0.15, 0.2) is 0 Å². The Labute approximate surface area is 118 Å². The van der Waals surface area contributed by atoms with E-state index < -0.39 is 5.91 Å². The molecular weight excluding hydrogens is 280 g/mol. The van der Waals surface area contributed by atoms with Crippen LogP contribution in [0.25, 0.3) is 10.9 Å². The Morgan fingerprint density at radius 2 is 2.20 bits per heavy atom. The van der Waals surface area contributed by atoms with E-state index in [2.05, 4.69) is 15.1 Å². The van der Waals surface area contributed by atoms with Gasteiger partial charge in [-0.05, 0) is 23.8 Å². The van der Waals surface area contributed by atoms with Crippen LogP contribution < -0.4 is 5.73 Å². The second-order valence-electron chi connectivity index (χ2n) is 4.23. The Kier molecular flexibility index (Phi) is 3.08. The lowest BCUT2D eigenvalue weighted by molar-refractivity contribution is 0.0987. The molecule has 3 aromatic rings. The molecule has 0 fully saturated rings. The van der Waals surface area contributed by atoms with E-state index in [1.807, 2.05) is 24.3 Å². The highest BCUT2D eigenvalue weighted by molar-refractivity contribution is 6.31. The van der Waals surface area contributed by atoms with E-state index in [4.69, 9.17) is 21.9 Å². The number of hydrogen-bond acceptors (Lipinski definition) is 5. The van der Waals surface area contributed by atoms with Gasteiger partial charge in [0.05, 0.1) is 17.0 Å². The number of pyridine rings is 1. The van der Waals surface area contributed by atoms with E-state index in [1.165, 1.54) is 0 Å².